The van der Waals surface area contributed by atoms with Crippen molar-refractivity contribution in [2.24, 2.45) is 5.73 Å². The van der Waals surface area contributed by atoms with Gasteiger partial charge in [-0.05, 0) is 66.6 Å². The summed E-state index contributed by atoms with van der Waals surface area (Å²) in [5.74, 6) is -6.64. The molecule has 1 aliphatic heterocycles. The number of fused-ring (bicyclic) bond motifs is 1. The Bertz CT molecular complexity index is 1150. The normalized spacial score (nSPS) is 13.4. The summed E-state index contributed by atoms with van der Waals surface area (Å²) in [6.45, 7) is 0.0685. The van der Waals surface area contributed by atoms with Gasteiger partial charge >= 0.3 is 20.2 Å². The maximum absolute atomic E-state index is 14.9. The number of carboxylic acid groups (broad SMARTS) is 1. The SMILES string of the molecule is NCCCC[C@@H](C(=O)O)N(C(=O)c1ccc(B(O)O)cc1F)C(=O)c1cc2c(cc1F)B(O)OC2. The van der Waals surface area contributed by atoms with Crippen LogP contribution in [-0.2, 0) is 16.1 Å². The van der Waals surface area contributed by atoms with Crippen LogP contribution >= 0.6 is 0 Å². The molecule has 0 bridgehead atoms. The van der Waals surface area contributed by atoms with E-state index in [0.717, 1.165) is 24.3 Å². The van der Waals surface area contributed by atoms with E-state index >= 15 is 0 Å². The highest BCUT2D eigenvalue weighted by atomic mass is 19.1. The number of hydrogen-bond acceptors (Lipinski definition) is 8. The Morgan fingerprint density at radius 1 is 1.09 bits per heavy atom. The number of aliphatic carboxylic acids is 1. The molecule has 1 atom stereocenters. The largest absolute Gasteiger partial charge is 0.491 e. The Hall–Kier alpha value is -3.16. The van der Waals surface area contributed by atoms with Gasteiger partial charge in [0.15, 0.2) is 0 Å². The number of carbonyl (C=O) groups is 3. The van der Waals surface area contributed by atoms with Gasteiger partial charge in [0.25, 0.3) is 11.8 Å². The fourth-order valence-corrected chi connectivity index (χ4v) is 3.76. The molecule has 2 aromatic carbocycles. The van der Waals surface area contributed by atoms with Gasteiger partial charge in [0.1, 0.15) is 17.7 Å². The van der Waals surface area contributed by atoms with Crippen LogP contribution in [0.2, 0.25) is 0 Å². The molecule has 0 aromatic heterocycles. The summed E-state index contributed by atoms with van der Waals surface area (Å²) in [5.41, 5.74) is 4.11. The number of rotatable bonds is 9. The van der Waals surface area contributed by atoms with E-state index in [4.69, 9.17) is 10.4 Å². The van der Waals surface area contributed by atoms with E-state index in [9.17, 15) is 43.3 Å². The first-order valence-corrected chi connectivity index (χ1v) is 10.6. The quantitative estimate of drug-likeness (QED) is 0.163. The third-order valence-corrected chi connectivity index (χ3v) is 5.61. The Labute approximate surface area is 199 Å². The molecule has 0 spiro atoms. The summed E-state index contributed by atoms with van der Waals surface area (Å²) in [4.78, 5) is 39.0. The molecule has 0 unspecified atom stereocenters. The molecule has 3 rings (SSSR count). The van der Waals surface area contributed by atoms with Crippen molar-refractivity contribution in [1.82, 2.24) is 4.90 Å². The second-order valence-corrected chi connectivity index (χ2v) is 7.93. The maximum atomic E-state index is 14.9. The Morgan fingerprint density at radius 3 is 2.34 bits per heavy atom. The highest BCUT2D eigenvalue weighted by Gasteiger charge is 2.39. The molecule has 1 aliphatic rings. The molecule has 10 nitrogen and oxygen atoms in total. The van der Waals surface area contributed by atoms with Crippen LogP contribution < -0.4 is 16.7 Å². The predicted octanol–water partition coefficient (Wildman–Crippen LogP) is -1.27. The first-order chi connectivity index (χ1) is 16.6. The minimum absolute atomic E-state index is 0.0823. The van der Waals surface area contributed by atoms with Crippen LogP contribution in [0, 0.1) is 11.6 Å². The summed E-state index contributed by atoms with van der Waals surface area (Å²) in [6, 6.07) is 2.66. The van der Waals surface area contributed by atoms with Gasteiger partial charge in [-0.1, -0.05) is 6.07 Å². The molecule has 2 amide bonds. The lowest BCUT2D eigenvalue weighted by Gasteiger charge is -2.28. The van der Waals surface area contributed by atoms with E-state index in [1.807, 2.05) is 0 Å². The number of benzene rings is 2. The van der Waals surface area contributed by atoms with E-state index in [0.29, 0.717) is 12.5 Å². The third kappa shape index (κ3) is 5.57. The molecule has 6 N–H and O–H groups in total. The number of carbonyl (C=O) groups excluding carboxylic acids is 2. The molecule has 35 heavy (non-hydrogen) atoms. The summed E-state index contributed by atoms with van der Waals surface area (Å²) >= 11 is 0. The summed E-state index contributed by atoms with van der Waals surface area (Å²) in [6.07, 6.45) is 0.350. The summed E-state index contributed by atoms with van der Waals surface area (Å²) in [7, 11) is -3.44. The lowest BCUT2D eigenvalue weighted by atomic mass is 9.79. The van der Waals surface area contributed by atoms with Crippen LogP contribution in [0.15, 0.2) is 30.3 Å². The number of halogens is 2. The summed E-state index contributed by atoms with van der Waals surface area (Å²) in [5, 5.41) is 38.0. The topological polar surface area (TPSA) is 171 Å². The van der Waals surface area contributed by atoms with Crippen molar-refractivity contribution in [3.05, 3.63) is 58.7 Å². The highest BCUT2D eigenvalue weighted by molar-refractivity contribution is 6.61. The summed E-state index contributed by atoms with van der Waals surface area (Å²) < 4.78 is 34.6. The number of amides is 2. The maximum Gasteiger partial charge on any atom is 0.491 e. The van der Waals surface area contributed by atoms with Crippen LogP contribution in [0.4, 0.5) is 8.78 Å². The minimum atomic E-state index is -2.03. The van der Waals surface area contributed by atoms with Crippen molar-refractivity contribution >= 4 is 42.9 Å². The van der Waals surface area contributed by atoms with E-state index in [1.54, 1.807) is 0 Å². The standard InChI is InChI=1S/C21H22B2F2N2O8/c24-16-8-12(22(32)33)4-5-13(16)19(28)27(18(21(30)31)3-1-2-6-26)20(29)14-7-11-10-35-23(34)15(11)9-17(14)25/h4-5,7-9,18,32-34H,1-3,6,10,26H2,(H,30,31)/t18-/m0/s1. The lowest BCUT2D eigenvalue weighted by Crippen LogP contribution is -2.49. The Morgan fingerprint density at radius 2 is 1.74 bits per heavy atom. The molecule has 0 saturated heterocycles. The van der Waals surface area contributed by atoms with Crippen LogP contribution in [0.5, 0.6) is 0 Å². The molecule has 1 heterocycles. The zero-order valence-corrected chi connectivity index (χ0v) is 18.4. The average molecular weight is 490 g/mol. The molecule has 0 fully saturated rings. The van der Waals surface area contributed by atoms with Gasteiger partial charge in [-0.25, -0.2) is 13.6 Å². The number of carboxylic acids is 1. The molecule has 14 heteroatoms. The van der Waals surface area contributed by atoms with Crippen molar-refractivity contribution in [2.75, 3.05) is 6.54 Å². The Kier molecular flexibility index (Phi) is 8.35. The van der Waals surface area contributed by atoms with Gasteiger partial charge in [0, 0.05) is 0 Å². The van der Waals surface area contributed by atoms with E-state index in [-0.39, 0.29) is 47.4 Å². The van der Waals surface area contributed by atoms with Crippen molar-refractivity contribution in [2.45, 2.75) is 31.9 Å². The fraction of sp³-hybridized carbons (Fsp3) is 0.286. The van der Waals surface area contributed by atoms with E-state index in [2.05, 4.69) is 0 Å². The van der Waals surface area contributed by atoms with Gasteiger partial charge in [0.05, 0.1) is 17.7 Å². The minimum Gasteiger partial charge on any atom is -0.480 e. The second kappa shape index (κ2) is 11.1. The van der Waals surface area contributed by atoms with Crippen LogP contribution in [0.1, 0.15) is 45.5 Å². The fourth-order valence-electron chi connectivity index (χ4n) is 3.76. The van der Waals surface area contributed by atoms with E-state index < -0.39 is 60.8 Å². The van der Waals surface area contributed by atoms with Gasteiger partial charge in [-0.3, -0.25) is 14.5 Å². The number of nitrogens with two attached hydrogens (primary N) is 1. The monoisotopic (exact) mass is 490 g/mol. The molecule has 184 valence electrons. The molecule has 0 aliphatic carbocycles. The number of hydrogen-bond donors (Lipinski definition) is 5. The first-order valence-electron chi connectivity index (χ1n) is 10.6. The lowest BCUT2D eigenvalue weighted by molar-refractivity contribution is -0.141. The van der Waals surface area contributed by atoms with Crippen molar-refractivity contribution < 1.29 is 48.0 Å². The molecular formula is C21H22B2F2N2O8. The Balaban J connectivity index is 2.09. The molecule has 0 saturated carbocycles. The highest BCUT2D eigenvalue weighted by Crippen LogP contribution is 2.23. The van der Waals surface area contributed by atoms with Gasteiger partial charge in [-0.15, -0.1) is 0 Å². The first kappa shape index (κ1) is 26.4. The zero-order valence-electron chi connectivity index (χ0n) is 18.4. The molecule has 2 aromatic rings. The van der Waals surface area contributed by atoms with Crippen molar-refractivity contribution in [3.63, 3.8) is 0 Å². The van der Waals surface area contributed by atoms with Crippen molar-refractivity contribution in [1.29, 1.82) is 0 Å². The van der Waals surface area contributed by atoms with Crippen LogP contribution in [-0.4, -0.2) is 69.7 Å². The number of nitrogens with zero attached hydrogens (tertiary/aromatic N) is 1. The smallest absolute Gasteiger partial charge is 0.480 e. The van der Waals surface area contributed by atoms with Crippen molar-refractivity contribution in [3.8, 4) is 0 Å². The second-order valence-electron chi connectivity index (χ2n) is 7.93. The van der Waals surface area contributed by atoms with E-state index in [1.165, 1.54) is 0 Å². The average Bonchev–Trinajstić information content (AvgIpc) is 3.16. The van der Waals surface area contributed by atoms with Gasteiger partial charge in [-0.2, -0.15) is 0 Å². The van der Waals surface area contributed by atoms with Crippen LogP contribution in [0.3, 0.4) is 0 Å². The zero-order chi connectivity index (χ0) is 25.9. The number of unbranched alkanes of at least 4 members (excludes halogenated alkanes) is 1. The van der Waals surface area contributed by atoms with Gasteiger partial charge < -0.3 is 30.6 Å². The number of imide groups is 1. The van der Waals surface area contributed by atoms with Crippen LogP contribution in [0.25, 0.3) is 0 Å². The van der Waals surface area contributed by atoms with Gasteiger partial charge in [0.2, 0.25) is 0 Å². The molecule has 0 radical (unpaired) electrons. The molecular weight excluding hydrogens is 468 g/mol. The predicted molar refractivity (Wildman–Crippen MR) is 120 cm³/mol. The third-order valence-electron chi connectivity index (χ3n) is 5.61.